The molecule has 1 aliphatic carbocycles. The maximum Gasteiger partial charge on any atom is 0.162 e. The van der Waals surface area contributed by atoms with Crippen LogP contribution in [0.1, 0.15) is 47.7 Å². The first kappa shape index (κ1) is 13.1. The van der Waals surface area contributed by atoms with Crippen LogP contribution in [0.15, 0.2) is 42.5 Å². The lowest BCUT2D eigenvalue weighted by atomic mass is 9.89. The summed E-state index contributed by atoms with van der Waals surface area (Å²) in [5.41, 5.74) is 6.19. The molecule has 0 N–H and O–H groups in total. The molecule has 3 rings (SSSR count). The predicted octanol–water partition coefficient (Wildman–Crippen LogP) is 4.83. The van der Waals surface area contributed by atoms with Crippen LogP contribution in [0.3, 0.4) is 0 Å². The van der Waals surface area contributed by atoms with Crippen molar-refractivity contribution in [3.63, 3.8) is 0 Å². The van der Waals surface area contributed by atoms with E-state index in [4.69, 9.17) is 0 Å². The average Bonchev–Trinajstić information content (AvgIpc) is 2.53. The summed E-state index contributed by atoms with van der Waals surface area (Å²) in [7, 11) is 0. The second-order valence-corrected chi connectivity index (χ2v) is 5.55. The third kappa shape index (κ3) is 2.53. The molecule has 1 heteroatoms. The quantitative estimate of drug-likeness (QED) is 0.726. The summed E-state index contributed by atoms with van der Waals surface area (Å²) in [6.07, 6.45) is 5.58. The summed E-state index contributed by atoms with van der Waals surface area (Å²) in [5, 5.41) is 0. The Morgan fingerprint density at radius 3 is 2.50 bits per heavy atom. The highest BCUT2D eigenvalue weighted by atomic mass is 16.1. The van der Waals surface area contributed by atoms with Crippen LogP contribution in [-0.4, -0.2) is 5.78 Å². The molecule has 20 heavy (non-hydrogen) atoms. The number of fused-ring (bicyclic) bond motifs is 1. The number of hydrogen-bond donors (Lipinski definition) is 0. The zero-order chi connectivity index (χ0) is 13.9. The normalized spacial score (nSPS) is 13.8. The fourth-order valence-corrected chi connectivity index (χ4v) is 2.99. The molecule has 0 aliphatic heterocycles. The zero-order valence-corrected chi connectivity index (χ0v) is 12.0. The van der Waals surface area contributed by atoms with Gasteiger partial charge in [-0.15, -0.1) is 0 Å². The van der Waals surface area contributed by atoms with Gasteiger partial charge in [-0.25, -0.2) is 0 Å². The van der Waals surface area contributed by atoms with E-state index in [0.29, 0.717) is 6.42 Å². The van der Waals surface area contributed by atoms with E-state index in [1.54, 1.807) is 0 Å². The Balaban J connectivity index is 1.98. The molecular formula is C19H20O. The van der Waals surface area contributed by atoms with Crippen molar-refractivity contribution >= 4 is 5.78 Å². The van der Waals surface area contributed by atoms with Gasteiger partial charge in [0.15, 0.2) is 5.78 Å². The Morgan fingerprint density at radius 1 is 0.950 bits per heavy atom. The lowest BCUT2D eigenvalue weighted by Crippen LogP contribution is -2.02. The fraction of sp³-hybridized carbons (Fsp3) is 0.316. The summed E-state index contributed by atoms with van der Waals surface area (Å²) in [5.74, 6) is 0.213. The molecule has 2 aromatic rings. The van der Waals surface area contributed by atoms with Gasteiger partial charge in [-0.3, -0.25) is 4.79 Å². The number of carbonyl (C=O) groups excluding carboxylic acids is 1. The number of benzene rings is 2. The van der Waals surface area contributed by atoms with Gasteiger partial charge in [0, 0.05) is 12.0 Å². The van der Waals surface area contributed by atoms with Gasteiger partial charge in [-0.05, 0) is 54.0 Å². The Hall–Kier alpha value is -1.89. The van der Waals surface area contributed by atoms with Gasteiger partial charge in [-0.1, -0.05) is 43.3 Å². The van der Waals surface area contributed by atoms with E-state index in [-0.39, 0.29) is 5.78 Å². The molecule has 0 radical (unpaired) electrons. The zero-order valence-electron chi connectivity index (χ0n) is 12.0. The topological polar surface area (TPSA) is 17.1 Å². The molecule has 0 amide bonds. The minimum atomic E-state index is 0.213. The van der Waals surface area contributed by atoms with Crippen LogP contribution in [0.25, 0.3) is 11.1 Å². The van der Waals surface area contributed by atoms with Crippen molar-refractivity contribution in [1.82, 2.24) is 0 Å². The lowest BCUT2D eigenvalue weighted by molar-refractivity contribution is 0.0988. The first-order chi connectivity index (χ1) is 9.78. The number of Topliss-reactive ketones (excluding diaryl/α,β-unsaturated/α-hetero) is 1. The van der Waals surface area contributed by atoms with E-state index in [1.807, 2.05) is 25.1 Å². The van der Waals surface area contributed by atoms with Crippen molar-refractivity contribution < 1.29 is 4.79 Å². The summed E-state index contributed by atoms with van der Waals surface area (Å²) in [4.78, 5) is 11.8. The molecule has 0 bridgehead atoms. The molecule has 0 fully saturated rings. The smallest absolute Gasteiger partial charge is 0.162 e. The highest BCUT2D eigenvalue weighted by molar-refractivity contribution is 5.97. The molecule has 1 aliphatic rings. The van der Waals surface area contributed by atoms with Crippen molar-refractivity contribution in [2.45, 2.75) is 39.0 Å². The Bertz CT molecular complexity index is 640. The molecule has 0 heterocycles. The van der Waals surface area contributed by atoms with E-state index in [2.05, 4.69) is 24.3 Å². The molecule has 0 aromatic heterocycles. The highest BCUT2D eigenvalue weighted by Crippen LogP contribution is 2.28. The molecule has 102 valence electrons. The van der Waals surface area contributed by atoms with Crippen LogP contribution in [0.5, 0.6) is 0 Å². The van der Waals surface area contributed by atoms with Crippen molar-refractivity contribution in [3.05, 3.63) is 59.2 Å². The van der Waals surface area contributed by atoms with Crippen LogP contribution >= 0.6 is 0 Å². The maximum atomic E-state index is 11.8. The fourth-order valence-electron chi connectivity index (χ4n) is 2.99. The highest BCUT2D eigenvalue weighted by Gasteiger charge is 2.11. The van der Waals surface area contributed by atoms with Gasteiger partial charge in [0.2, 0.25) is 0 Å². The second kappa shape index (κ2) is 5.62. The van der Waals surface area contributed by atoms with Crippen molar-refractivity contribution in [2.24, 2.45) is 0 Å². The minimum absolute atomic E-state index is 0.213. The van der Waals surface area contributed by atoms with E-state index in [1.165, 1.54) is 42.4 Å². The molecule has 0 spiro atoms. The van der Waals surface area contributed by atoms with Crippen LogP contribution < -0.4 is 0 Å². The van der Waals surface area contributed by atoms with Gasteiger partial charge in [-0.2, -0.15) is 0 Å². The minimum Gasteiger partial charge on any atom is -0.294 e. The van der Waals surface area contributed by atoms with Gasteiger partial charge < -0.3 is 0 Å². The molecule has 1 nitrogen and oxygen atoms in total. The van der Waals surface area contributed by atoms with Crippen molar-refractivity contribution in [2.75, 3.05) is 0 Å². The number of carbonyl (C=O) groups is 1. The number of hydrogen-bond acceptors (Lipinski definition) is 1. The van der Waals surface area contributed by atoms with Gasteiger partial charge >= 0.3 is 0 Å². The Labute approximate surface area is 120 Å². The SMILES string of the molecule is CCC(=O)c1cccc(-c2ccc3c(c2)CCCC3)c1. The molecule has 0 saturated heterocycles. The summed E-state index contributed by atoms with van der Waals surface area (Å²) < 4.78 is 0. The Kier molecular flexibility index (Phi) is 3.68. The van der Waals surface area contributed by atoms with Crippen LogP contribution in [0, 0.1) is 0 Å². The summed E-state index contributed by atoms with van der Waals surface area (Å²) in [6.45, 7) is 1.91. The van der Waals surface area contributed by atoms with E-state index in [0.717, 1.165) is 11.1 Å². The average molecular weight is 264 g/mol. The van der Waals surface area contributed by atoms with Crippen LogP contribution in [-0.2, 0) is 12.8 Å². The van der Waals surface area contributed by atoms with E-state index < -0.39 is 0 Å². The van der Waals surface area contributed by atoms with Gasteiger partial charge in [0.25, 0.3) is 0 Å². The predicted molar refractivity (Wildman–Crippen MR) is 83.1 cm³/mol. The molecule has 2 aromatic carbocycles. The third-order valence-electron chi connectivity index (χ3n) is 4.19. The monoisotopic (exact) mass is 264 g/mol. The van der Waals surface area contributed by atoms with E-state index in [9.17, 15) is 4.79 Å². The number of aryl methyl sites for hydroxylation is 2. The molecule has 0 unspecified atom stereocenters. The lowest BCUT2D eigenvalue weighted by Gasteiger charge is -2.16. The molecule has 0 saturated carbocycles. The van der Waals surface area contributed by atoms with E-state index >= 15 is 0 Å². The largest absolute Gasteiger partial charge is 0.294 e. The first-order valence-corrected chi connectivity index (χ1v) is 7.53. The maximum absolute atomic E-state index is 11.8. The van der Waals surface area contributed by atoms with Crippen LogP contribution in [0.4, 0.5) is 0 Å². The number of ketones is 1. The second-order valence-electron chi connectivity index (χ2n) is 5.55. The summed E-state index contributed by atoms with van der Waals surface area (Å²) in [6, 6.07) is 14.8. The van der Waals surface area contributed by atoms with Crippen molar-refractivity contribution in [3.8, 4) is 11.1 Å². The third-order valence-corrected chi connectivity index (χ3v) is 4.19. The van der Waals surface area contributed by atoms with Gasteiger partial charge in [0.1, 0.15) is 0 Å². The van der Waals surface area contributed by atoms with Crippen molar-refractivity contribution in [1.29, 1.82) is 0 Å². The number of rotatable bonds is 3. The molecular weight excluding hydrogens is 244 g/mol. The standard InChI is InChI=1S/C19H20O/c1-2-19(20)18-9-5-8-16(13-18)17-11-10-14-6-3-4-7-15(14)12-17/h5,8-13H,2-4,6-7H2,1H3. The Morgan fingerprint density at radius 2 is 1.70 bits per heavy atom. The van der Waals surface area contributed by atoms with Crippen LogP contribution in [0.2, 0.25) is 0 Å². The summed E-state index contributed by atoms with van der Waals surface area (Å²) >= 11 is 0. The van der Waals surface area contributed by atoms with Gasteiger partial charge in [0.05, 0.1) is 0 Å². The first-order valence-electron chi connectivity index (χ1n) is 7.53. The molecule has 0 atom stereocenters.